The van der Waals surface area contributed by atoms with E-state index in [0.29, 0.717) is 18.2 Å². The van der Waals surface area contributed by atoms with E-state index in [-0.39, 0.29) is 5.91 Å². The fourth-order valence-electron chi connectivity index (χ4n) is 5.82. The van der Waals surface area contributed by atoms with Crippen molar-refractivity contribution in [2.45, 2.75) is 37.8 Å². The first-order chi connectivity index (χ1) is 20.1. The molecule has 2 aromatic carbocycles. The Morgan fingerprint density at radius 2 is 1.98 bits per heavy atom. The number of anilines is 1. The topological polar surface area (TPSA) is 88.6 Å². The lowest BCUT2D eigenvalue weighted by molar-refractivity contribution is 0.0930. The molecule has 2 aromatic heterocycles. The zero-order valence-corrected chi connectivity index (χ0v) is 23.4. The smallest absolute Gasteiger partial charge is 0.252 e. The number of fused-ring (bicyclic) bond motifs is 1. The van der Waals surface area contributed by atoms with Gasteiger partial charge in [-0.05, 0) is 85.8 Å². The summed E-state index contributed by atoms with van der Waals surface area (Å²) in [5.41, 5.74) is 6.32. The van der Waals surface area contributed by atoms with E-state index in [1.807, 2.05) is 49.8 Å². The van der Waals surface area contributed by atoms with E-state index in [1.54, 1.807) is 0 Å². The van der Waals surface area contributed by atoms with Crippen molar-refractivity contribution in [1.82, 2.24) is 20.6 Å². The second-order valence-corrected chi connectivity index (χ2v) is 11.4. The van der Waals surface area contributed by atoms with Crippen LogP contribution in [0.1, 0.15) is 40.7 Å². The number of aromatic nitrogens is 2. The Hall–Kier alpha value is -4.01. The monoisotopic (exact) mass is 549 g/mol. The van der Waals surface area contributed by atoms with E-state index < -0.39 is 5.54 Å². The number of morpholine rings is 1. The van der Waals surface area contributed by atoms with E-state index in [9.17, 15) is 4.79 Å². The van der Waals surface area contributed by atoms with E-state index in [0.717, 1.165) is 96.7 Å². The molecule has 2 saturated heterocycles. The van der Waals surface area contributed by atoms with Gasteiger partial charge >= 0.3 is 0 Å². The molecule has 0 bridgehead atoms. The predicted octanol–water partition coefficient (Wildman–Crippen LogP) is 4.60. The number of aryl methyl sites for hydroxylation is 1. The van der Waals surface area contributed by atoms with Gasteiger partial charge in [0.2, 0.25) is 0 Å². The minimum absolute atomic E-state index is 0.0781. The van der Waals surface area contributed by atoms with Crippen molar-refractivity contribution in [1.29, 1.82) is 0 Å². The van der Waals surface area contributed by atoms with Gasteiger partial charge in [0.25, 0.3) is 5.91 Å². The maximum Gasteiger partial charge on any atom is 0.252 e. The number of carbonyl (C=O) groups excluding carboxylic acids is 1. The summed E-state index contributed by atoms with van der Waals surface area (Å²) in [5, 5.41) is 7.83. The molecule has 41 heavy (non-hydrogen) atoms. The molecule has 2 aliphatic heterocycles. The summed E-state index contributed by atoms with van der Waals surface area (Å²) in [4.78, 5) is 25.3. The number of pyridine rings is 2. The lowest BCUT2D eigenvalue weighted by Gasteiger charge is -2.28. The van der Waals surface area contributed by atoms with Crippen molar-refractivity contribution in [3.63, 3.8) is 0 Å². The molecule has 0 radical (unpaired) electrons. The predicted molar refractivity (Wildman–Crippen MR) is 159 cm³/mol. The van der Waals surface area contributed by atoms with E-state index in [4.69, 9.17) is 14.5 Å². The van der Waals surface area contributed by atoms with Gasteiger partial charge in [-0.3, -0.25) is 14.8 Å². The van der Waals surface area contributed by atoms with Crippen molar-refractivity contribution < 1.29 is 14.3 Å². The van der Waals surface area contributed by atoms with Gasteiger partial charge in [0.05, 0.1) is 36.2 Å². The molecule has 1 aliphatic carbocycles. The number of ether oxygens (including phenoxy) is 2. The van der Waals surface area contributed by atoms with Crippen LogP contribution in [-0.4, -0.2) is 61.4 Å². The summed E-state index contributed by atoms with van der Waals surface area (Å²) in [5.74, 6) is 0.647. The number of benzene rings is 2. The number of nitrogens with zero attached hydrogens (tertiary/aromatic N) is 3. The van der Waals surface area contributed by atoms with Gasteiger partial charge in [0.15, 0.2) is 0 Å². The van der Waals surface area contributed by atoms with Gasteiger partial charge in [-0.15, -0.1) is 0 Å². The Morgan fingerprint density at radius 1 is 1.12 bits per heavy atom. The molecule has 8 heteroatoms. The van der Waals surface area contributed by atoms with E-state index >= 15 is 0 Å². The van der Waals surface area contributed by atoms with E-state index in [2.05, 4.69) is 44.8 Å². The number of carbonyl (C=O) groups is 1. The van der Waals surface area contributed by atoms with Gasteiger partial charge < -0.3 is 25.0 Å². The molecular weight excluding hydrogens is 514 g/mol. The molecule has 210 valence electrons. The highest BCUT2D eigenvalue weighted by Gasteiger charge is 2.47. The summed E-state index contributed by atoms with van der Waals surface area (Å²) in [7, 11) is 0. The molecule has 1 amide bonds. The summed E-state index contributed by atoms with van der Waals surface area (Å²) >= 11 is 0. The van der Waals surface area contributed by atoms with Crippen LogP contribution in [0.3, 0.4) is 0 Å². The van der Waals surface area contributed by atoms with Gasteiger partial charge in [-0.2, -0.15) is 0 Å². The maximum absolute atomic E-state index is 13.7. The molecular formula is C33H35N5O3. The van der Waals surface area contributed by atoms with Crippen molar-refractivity contribution in [2.75, 3.05) is 44.4 Å². The minimum Gasteiger partial charge on any atom is -0.492 e. The molecule has 8 nitrogen and oxygen atoms in total. The van der Waals surface area contributed by atoms with Crippen molar-refractivity contribution in [3.05, 3.63) is 83.8 Å². The summed E-state index contributed by atoms with van der Waals surface area (Å²) < 4.78 is 11.5. The van der Waals surface area contributed by atoms with Crippen LogP contribution in [0.2, 0.25) is 0 Å². The maximum atomic E-state index is 13.7. The van der Waals surface area contributed by atoms with Crippen LogP contribution in [0.15, 0.2) is 67.1 Å². The van der Waals surface area contributed by atoms with Crippen LogP contribution in [0, 0.1) is 6.92 Å². The largest absolute Gasteiger partial charge is 0.492 e. The van der Waals surface area contributed by atoms with Crippen LogP contribution in [0.5, 0.6) is 5.75 Å². The number of hydrogen-bond donors (Lipinski definition) is 2. The van der Waals surface area contributed by atoms with Crippen molar-refractivity contribution in [3.8, 4) is 16.9 Å². The van der Waals surface area contributed by atoms with Gasteiger partial charge in [0, 0.05) is 48.0 Å². The normalized spacial score (nSPS) is 19.4. The van der Waals surface area contributed by atoms with E-state index in [1.165, 1.54) is 0 Å². The molecule has 4 heterocycles. The van der Waals surface area contributed by atoms with Gasteiger partial charge in [0.1, 0.15) is 12.4 Å². The highest BCUT2D eigenvalue weighted by molar-refractivity contribution is 5.98. The minimum atomic E-state index is -0.442. The fourth-order valence-corrected chi connectivity index (χ4v) is 5.82. The lowest BCUT2D eigenvalue weighted by atomic mass is 9.93. The second kappa shape index (κ2) is 10.8. The molecule has 1 saturated carbocycles. The Labute approximate surface area is 240 Å². The first-order valence-electron chi connectivity index (χ1n) is 14.5. The molecule has 4 aromatic rings. The van der Waals surface area contributed by atoms with Crippen molar-refractivity contribution >= 4 is 22.5 Å². The molecule has 0 spiro atoms. The Balaban J connectivity index is 1.19. The molecule has 1 unspecified atom stereocenters. The summed E-state index contributed by atoms with van der Waals surface area (Å²) in [6.07, 6.45) is 8.52. The average molecular weight is 550 g/mol. The Bertz CT molecular complexity index is 1590. The average Bonchev–Trinajstić information content (AvgIpc) is 3.77. The second-order valence-electron chi connectivity index (χ2n) is 11.4. The van der Waals surface area contributed by atoms with Gasteiger partial charge in [-0.25, -0.2) is 0 Å². The molecule has 2 N–H and O–H groups in total. The summed E-state index contributed by atoms with van der Waals surface area (Å²) in [6.45, 7) is 6.79. The Kier molecular flexibility index (Phi) is 6.80. The number of rotatable bonds is 8. The first kappa shape index (κ1) is 25.9. The van der Waals surface area contributed by atoms with Crippen molar-refractivity contribution in [2.24, 2.45) is 0 Å². The quantitative estimate of drug-likeness (QED) is 0.332. The number of hydrogen-bond acceptors (Lipinski definition) is 7. The lowest BCUT2D eigenvalue weighted by Crippen LogP contribution is -2.46. The van der Waals surface area contributed by atoms with Crippen LogP contribution in [0.25, 0.3) is 22.0 Å². The first-order valence-corrected chi connectivity index (χ1v) is 14.5. The highest BCUT2D eigenvalue weighted by Crippen LogP contribution is 2.49. The molecule has 3 aliphatic rings. The van der Waals surface area contributed by atoms with Crippen LogP contribution in [0.4, 0.5) is 5.69 Å². The van der Waals surface area contributed by atoms with Crippen LogP contribution >= 0.6 is 0 Å². The SMILES string of the molecule is Cc1ccc(OCC2CCN2)cc1C(=O)NC1(c2cc(-c3cncc(N4CCOCC4)c3)cc3ncccc23)CC1. The van der Waals surface area contributed by atoms with Gasteiger partial charge in [-0.1, -0.05) is 12.1 Å². The Morgan fingerprint density at radius 3 is 2.76 bits per heavy atom. The molecule has 7 rings (SSSR count). The highest BCUT2D eigenvalue weighted by atomic mass is 16.5. The third kappa shape index (κ3) is 5.25. The summed E-state index contributed by atoms with van der Waals surface area (Å²) in [6, 6.07) is 16.8. The number of nitrogens with one attached hydrogen (secondary N) is 2. The van der Waals surface area contributed by atoms with Crippen LogP contribution < -0.4 is 20.3 Å². The number of amides is 1. The third-order valence-corrected chi connectivity index (χ3v) is 8.60. The fraction of sp³-hybridized carbons (Fsp3) is 0.364. The standard InChI is InChI=1S/C33H35N5O3/c1-22-4-5-27(41-21-25-6-10-35-25)18-29(22)32(39)37-33(7-8-33)30-16-23(17-31-28(30)3-2-9-36-31)24-15-26(20-34-19-24)38-11-13-40-14-12-38/h2-5,9,15-20,25,35H,6-8,10-14,21H2,1H3,(H,37,39). The zero-order valence-electron chi connectivity index (χ0n) is 23.4. The molecule has 1 atom stereocenters. The zero-order chi connectivity index (χ0) is 27.8. The molecule has 3 fully saturated rings. The third-order valence-electron chi connectivity index (χ3n) is 8.60. The van der Waals surface area contributed by atoms with Crippen LogP contribution in [-0.2, 0) is 10.3 Å².